The maximum Gasteiger partial charge on any atom is 0.163 e. The molecule has 0 N–H and O–H groups in total. The van der Waals surface area contributed by atoms with Crippen molar-refractivity contribution in [3.8, 4) is 0 Å². The number of benzene rings is 2. The van der Waals surface area contributed by atoms with Crippen LogP contribution in [0.15, 0.2) is 54.6 Å². The first kappa shape index (κ1) is 14.5. The molecule has 0 amide bonds. The van der Waals surface area contributed by atoms with Gasteiger partial charge in [0.25, 0.3) is 0 Å². The van der Waals surface area contributed by atoms with Gasteiger partial charge in [-0.05, 0) is 24.8 Å². The summed E-state index contributed by atoms with van der Waals surface area (Å²) in [7, 11) is 0. The number of hydrogen-bond donors (Lipinski definition) is 0. The minimum absolute atomic E-state index is 0.243. The van der Waals surface area contributed by atoms with Gasteiger partial charge in [-0.2, -0.15) is 0 Å². The molecule has 0 aromatic heterocycles. The lowest BCUT2D eigenvalue weighted by Crippen LogP contribution is -2.07. The van der Waals surface area contributed by atoms with E-state index in [9.17, 15) is 4.79 Å². The third kappa shape index (κ3) is 3.80. The van der Waals surface area contributed by atoms with Gasteiger partial charge >= 0.3 is 0 Å². The van der Waals surface area contributed by atoms with Crippen molar-refractivity contribution in [2.45, 2.75) is 39.0 Å². The van der Waals surface area contributed by atoms with Crippen LogP contribution >= 0.6 is 0 Å². The number of aryl methyl sites for hydroxylation is 1. The van der Waals surface area contributed by atoms with E-state index in [-0.39, 0.29) is 5.78 Å². The molecule has 2 aromatic rings. The summed E-state index contributed by atoms with van der Waals surface area (Å²) in [4.78, 5) is 12.4. The van der Waals surface area contributed by atoms with E-state index in [0.717, 1.165) is 18.4 Å². The highest BCUT2D eigenvalue weighted by molar-refractivity contribution is 5.96. The monoisotopic (exact) mass is 266 g/mol. The van der Waals surface area contributed by atoms with E-state index in [4.69, 9.17) is 0 Å². The predicted octanol–water partition coefficient (Wildman–Crippen LogP) is 5.15. The van der Waals surface area contributed by atoms with Crippen molar-refractivity contribution in [2.24, 2.45) is 0 Å². The van der Waals surface area contributed by atoms with Gasteiger partial charge in [-0.25, -0.2) is 0 Å². The number of Topliss-reactive ketones (excluding diaryl/α,β-unsaturated/α-hetero) is 1. The van der Waals surface area contributed by atoms with Crippen LogP contribution in [0.25, 0.3) is 0 Å². The molecule has 0 fully saturated rings. The van der Waals surface area contributed by atoms with Crippen molar-refractivity contribution >= 4 is 5.78 Å². The van der Waals surface area contributed by atoms with Gasteiger partial charge in [-0.15, -0.1) is 0 Å². The zero-order valence-electron chi connectivity index (χ0n) is 12.3. The third-order valence-electron chi connectivity index (χ3n) is 3.71. The second-order valence-electron chi connectivity index (χ2n) is 5.39. The van der Waals surface area contributed by atoms with Crippen molar-refractivity contribution in [3.63, 3.8) is 0 Å². The number of ketones is 1. The van der Waals surface area contributed by atoms with Crippen molar-refractivity contribution in [1.82, 2.24) is 0 Å². The Morgan fingerprint density at radius 3 is 2.25 bits per heavy atom. The van der Waals surface area contributed by atoms with Gasteiger partial charge in [0, 0.05) is 12.0 Å². The van der Waals surface area contributed by atoms with Gasteiger partial charge in [0.2, 0.25) is 0 Å². The van der Waals surface area contributed by atoms with Crippen molar-refractivity contribution in [3.05, 3.63) is 71.3 Å². The van der Waals surface area contributed by atoms with Crippen LogP contribution in [0.5, 0.6) is 0 Å². The molecule has 0 saturated carbocycles. The molecular formula is C19H22O. The van der Waals surface area contributed by atoms with Crippen LogP contribution in [-0.4, -0.2) is 5.78 Å². The Morgan fingerprint density at radius 2 is 1.65 bits per heavy atom. The average molecular weight is 266 g/mol. The summed E-state index contributed by atoms with van der Waals surface area (Å²) in [5.41, 5.74) is 3.29. The van der Waals surface area contributed by atoms with Gasteiger partial charge in [0.05, 0.1) is 0 Å². The Labute approximate surface area is 121 Å². The maximum atomic E-state index is 12.4. The van der Waals surface area contributed by atoms with Crippen molar-refractivity contribution in [1.29, 1.82) is 0 Å². The highest BCUT2D eigenvalue weighted by atomic mass is 16.1. The molecule has 0 aliphatic carbocycles. The number of rotatable bonds is 6. The lowest BCUT2D eigenvalue weighted by Gasteiger charge is -2.16. The standard InChI is InChI=1S/C19H22O/c1-3-7-18(16-8-5-4-6-9-16)14-19(20)17-12-10-15(2)11-13-17/h4-6,8-13,18H,3,7,14H2,1-2H3/t18-/m0/s1. The first-order chi connectivity index (χ1) is 9.70. The van der Waals surface area contributed by atoms with Crippen molar-refractivity contribution < 1.29 is 4.79 Å². The summed E-state index contributed by atoms with van der Waals surface area (Å²) in [6.45, 7) is 4.21. The highest BCUT2D eigenvalue weighted by Gasteiger charge is 2.16. The van der Waals surface area contributed by atoms with E-state index >= 15 is 0 Å². The van der Waals surface area contributed by atoms with Gasteiger partial charge in [0.1, 0.15) is 0 Å². The molecule has 2 rings (SSSR count). The van der Waals surface area contributed by atoms with E-state index < -0.39 is 0 Å². The summed E-state index contributed by atoms with van der Waals surface area (Å²) in [6.07, 6.45) is 2.75. The van der Waals surface area contributed by atoms with Crippen molar-refractivity contribution in [2.75, 3.05) is 0 Å². The summed E-state index contributed by atoms with van der Waals surface area (Å²) in [5, 5.41) is 0. The Hall–Kier alpha value is -1.89. The molecule has 1 atom stereocenters. The smallest absolute Gasteiger partial charge is 0.163 e. The van der Waals surface area contributed by atoms with Gasteiger partial charge in [0.15, 0.2) is 5.78 Å². The summed E-state index contributed by atoms with van der Waals surface area (Å²) >= 11 is 0. The molecule has 0 unspecified atom stereocenters. The van der Waals surface area contributed by atoms with Gasteiger partial charge in [-0.1, -0.05) is 73.5 Å². The Bertz CT molecular complexity index is 540. The van der Waals surface area contributed by atoms with E-state index in [2.05, 4.69) is 19.1 Å². The van der Waals surface area contributed by atoms with E-state index in [1.807, 2.05) is 49.4 Å². The van der Waals surface area contributed by atoms with Crippen LogP contribution in [0.2, 0.25) is 0 Å². The fraction of sp³-hybridized carbons (Fsp3) is 0.316. The first-order valence-electron chi connectivity index (χ1n) is 7.35. The van der Waals surface area contributed by atoms with Crippen LogP contribution < -0.4 is 0 Å². The quantitative estimate of drug-likeness (QED) is 0.661. The van der Waals surface area contributed by atoms with Crippen LogP contribution in [0.4, 0.5) is 0 Å². The van der Waals surface area contributed by atoms with Crippen LogP contribution in [0.1, 0.15) is 53.6 Å². The molecular weight excluding hydrogens is 244 g/mol. The lowest BCUT2D eigenvalue weighted by atomic mass is 9.88. The normalized spacial score (nSPS) is 12.1. The molecule has 0 bridgehead atoms. The molecule has 0 spiro atoms. The number of carbonyl (C=O) groups is 1. The predicted molar refractivity (Wildman–Crippen MR) is 84.2 cm³/mol. The fourth-order valence-corrected chi connectivity index (χ4v) is 2.54. The third-order valence-corrected chi connectivity index (χ3v) is 3.71. The molecule has 2 aromatic carbocycles. The maximum absolute atomic E-state index is 12.4. The minimum Gasteiger partial charge on any atom is -0.294 e. The zero-order chi connectivity index (χ0) is 14.4. The zero-order valence-corrected chi connectivity index (χ0v) is 12.3. The Balaban J connectivity index is 2.12. The molecule has 0 heterocycles. The summed E-state index contributed by atoms with van der Waals surface area (Å²) in [6, 6.07) is 18.3. The Kier molecular flexibility index (Phi) is 5.11. The summed E-state index contributed by atoms with van der Waals surface area (Å²) < 4.78 is 0. The highest BCUT2D eigenvalue weighted by Crippen LogP contribution is 2.26. The lowest BCUT2D eigenvalue weighted by molar-refractivity contribution is 0.0972. The van der Waals surface area contributed by atoms with E-state index in [1.54, 1.807) is 0 Å². The van der Waals surface area contributed by atoms with E-state index in [0.29, 0.717) is 12.3 Å². The topological polar surface area (TPSA) is 17.1 Å². The molecule has 0 aliphatic heterocycles. The molecule has 1 nitrogen and oxygen atoms in total. The molecule has 20 heavy (non-hydrogen) atoms. The molecule has 0 saturated heterocycles. The van der Waals surface area contributed by atoms with Gasteiger partial charge in [-0.3, -0.25) is 4.79 Å². The second kappa shape index (κ2) is 7.04. The van der Waals surface area contributed by atoms with Crippen LogP contribution in [-0.2, 0) is 0 Å². The largest absolute Gasteiger partial charge is 0.294 e. The van der Waals surface area contributed by atoms with E-state index in [1.165, 1.54) is 11.1 Å². The number of hydrogen-bond acceptors (Lipinski definition) is 1. The Morgan fingerprint density at radius 1 is 1.00 bits per heavy atom. The van der Waals surface area contributed by atoms with Gasteiger partial charge < -0.3 is 0 Å². The van der Waals surface area contributed by atoms with Crippen LogP contribution in [0, 0.1) is 6.92 Å². The fourth-order valence-electron chi connectivity index (χ4n) is 2.54. The molecule has 1 heteroatoms. The average Bonchev–Trinajstić information content (AvgIpc) is 2.48. The SMILES string of the molecule is CCC[C@@H](CC(=O)c1ccc(C)cc1)c1ccccc1. The minimum atomic E-state index is 0.243. The summed E-state index contributed by atoms with van der Waals surface area (Å²) in [5.74, 6) is 0.572. The first-order valence-corrected chi connectivity index (χ1v) is 7.35. The van der Waals surface area contributed by atoms with Crippen LogP contribution in [0.3, 0.4) is 0 Å². The second-order valence-corrected chi connectivity index (χ2v) is 5.39. The molecule has 0 radical (unpaired) electrons. The molecule has 0 aliphatic rings. The molecule has 104 valence electrons. The number of carbonyl (C=O) groups excluding carboxylic acids is 1.